The minimum Gasteiger partial charge on any atom is -0.462 e. The molecule has 0 aliphatic heterocycles. The van der Waals surface area contributed by atoms with Crippen molar-refractivity contribution >= 4 is 39.5 Å². The third-order valence-electron chi connectivity index (χ3n) is 15.6. The number of ether oxygens (including phenoxy) is 4. The van der Waals surface area contributed by atoms with E-state index in [0.717, 1.165) is 96.3 Å². The first kappa shape index (κ1) is 84.1. The minimum atomic E-state index is -4.94. The molecule has 0 aromatic heterocycles. The summed E-state index contributed by atoms with van der Waals surface area (Å²) in [4.78, 5) is 72.0. The molecule has 0 aromatic rings. The summed E-state index contributed by atoms with van der Waals surface area (Å²) in [6, 6.07) is 0. The predicted molar refractivity (Wildman–Crippen MR) is 345 cm³/mol. The van der Waals surface area contributed by atoms with Crippen LogP contribution in [0.2, 0.25) is 0 Å². The Morgan fingerprint density at radius 2 is 0.465 bits per heavy atom. The molecule has 0 spiro atoms. The van der Waals surface area contributed by atoms with Crippen LogP contribution in [0.1, 0.15) is 349 Å². The Morgan fingerprint density at radius 3 is 0.686 bits per heavy atom. The minimum absolute atomic E-state index is 0.105. The molecule has 0 heterocycles. The number of carbonyl (C=O) groups is 4. The molecule has 0 aromatic carbocycles. The second-order valence-corrected chi connectivity index (χ2v) is 27.1. The highest BCUT2D eigenvalue weighted by Gasteiger charge is 2.30. The van der Waals surface area contributed by atoms with E-state index < -0.39 is 97.5 Å². The number of hydrogen-bond donors (Lipinski definition) is 3. The fourth-order valence-electron chi connectivity index (χ4n) is 10.2. The lowest BCUT2D eigenvalue weighted by molar-refractivity contribution is -0.161. The Morgan fingerprint density at radius 1 is 0.279 bits per heavy atom. The van der Waals surface area contributed by atoms with Crippen LogP contribution in [0.4, 0.5) is 0 Å². The molecule has 5 atom stereocenters. The van der Waals surface area contributed by atoms with Gasteiger partial charge in [-0.25, -0.2) is 9.13 Å². The van der Waals surface area contributed by atoms with Gasteiger partial charge < -0.3 is 33.8 Å². The summed E-state index contributed by atoms with van der Waals surface area (Å²) >= 11 is 0. The number of aliphatic hydroxyl groups is 1. The molecule has 0 aliphatic carbocycles. The highest BCUT2D eigenvalue weighted by Crippen LogP contribution is 2.45. The van der Waals surface area contributed by atoms with Crippen molar-refractivity contribution < 1.29 is 80.2 Å². The Balaban J connectivity index is 5.07. The van der Waals surface area contributed by atoms with E-state index in [9.17, 15) is 43.2 Å². The number of carbonyl (C=O) groups excluding carboxylic acids is 4. The molecule has 0 rings (SSSR count). The number of esters is 4. The monoisotopic (exact) mass is 1270 g/mol. The first-order valence-corrected chi connectivity index (χ1v) is 38.3. The summed E-state index contributed by atoms with van der Waals surface area (Å²) < 4.78 is 67.8. The Hall–Kier alpha value is -1.94. The first-order valence-electron chi connectivity index (χ1n) is 35.3. The number of rotatable bonds is 68. The van der Waals surface area contributed by atoms with E-state index in [-0.39, 0.29) is 25.7 Å². The maximum absolute atomic E-state index is 13.0. The first-order chi connectivity index (χ1) is 41.7. The Labute approximate surface area is 524 Å². The maximum atomic E-state index is 13.0. The topological polar surface area (TPSA) is 237 Å². The summed E-state index contributed by atoms with van der Waals surface area (Å²) in [5.41, 5.74) is 0. The molecule has 0 saturated carbocycles. The van der Waals surface area contributed by atoms with Gasteiger partial charge in [-0.2, -0.15) is 0 Å². The normalized spacial score (nSPS) is 14.1. The van der Waals surface area contributed by atoms with Gasteiger partial charge in [0.05, 0.1) is 26.4 Å². The third-order valence-corrected chi connectivity index (χ3v) is 17.5. The fraction of sp³-hybridized carbons (Fsp3) is 0.940. The van der Waals surface area contributed by atoms with Crippen molar-refractivity contribution in [2.45, 2.75) is 367 Å². The molecule has 86 heavy (non-hydrogen) atoms. The number of phosphoric ester groups is 2. The van der Waals surface area contributed by atoms with Gasteiger partial charge >= 0.3 is 39.5 Å². The van der Waals surface area contributed by atoms with Gasteiger partial charge in [0.2, 0.25) is 0 Å². The molecule has 17 nitrogen and oxygen atoms in total. The van der Waals surface area contributed by atoms with Gasteiger partial charge in [0, 0.05) is 25.7 Å². The fourth-order valence-corrected chi connectivity index (χ4v) is 11.7. The van der Waals surface area contributed by atoms with E-state index in [4.69, 9.17) is 37.0 Å². The van der Waals surface area contributed by atoms with E-state index in [2.05, 4.69) is 27.7 Å². The zero-order chi connectivity index (χ0) is 63.3. The van der Waals surface area contributed by atoms with Crippen molar-refractivity contribution in [2.75, 3.05) is 39.6 Å². The molecule has 0 radical (unpaired) electrons. The van der Waals surface area contributed by atoms with E-state index in [0.29, 0.717) is 25.7 Å². The van der Waals surface area contributed by atoms with Gasteiger partial charge in [-0.15, -0.1) is 0 Å². The highest BCUT2D eigenvalue weighted by molar-refractivity contribution is 7.47. The molecule has 510 valence electrons. The molecule has 19 heteroatoms. The summed E-state index contributed by atoms with van der Waals surface area (Å²) in [6.45, 7) is 4.81. The lowest BCUT2D eigenvalue weighted by Crippen LogP contribution is -2.30. The zero-order valence-electron chi connectivity index (χ0n) is 55.3. The van der Waals surface area contributed by atoms with Crippen LogP contribution in [0.5, 0.6) is 0 Å². The van der Waals surface area contributed by atoms with Crippen LogP contribution in [0.15, 0.2) is 0 Å². The molecule has 0 aliphatic rings. The van der Waals surface area contributed by atoms with E-state index >= 15 is 0 Å². The molecule has 3 N–H and O–H groups in total. The van der Waals surface area contributed by atoms with Crippen LogP contribution < -0.4 is 0 Å². The number of aliphatic hydroxyl groups excluding tert-OH is 1. The lowest BCUT2D eigenvalue weighted by atomic mass is 10.0. The molecule has 0 saturated heterocycles. The Bertz CT molecular complexity index is 1650. The lowest BCUT2D eigenvalue weighted by Gasteiger charge is -2.21. The van der Waals surface area contributed by atoms with Gasteiger partial charge in [0.15, 0.2) is 12.2 Å². The molecule has 0 fully saturated rings. The van der Waals surface area contributed by atoms with Crippen LogP contribution in [0.25, 0.3) is 0 Å². The average molecular weight is 1270 g/mol. The van der Waals surface area contributed by atoms with Crippen molar-refractivity contribution in [1.29, 1.82) is 0 Å². The summed E-state index contributed by atoms with van der Waals surface area (Å²) in [7, 11) is -9.88. The van der Waals surface area contributed by atoms with Crippen molar-refractivity contribution in [3.8, 4) is 0 Å². The summed E-state index contributed by atoms with van der Waals surface area (Å²) in [5, 5.41) is 10.5. The molecular formula is C67H130O17P2. The van der Waals surface area contributed by atoms with Crippen LogP contribution in [-0.2, 0) is 65.4 Å². The predicted octanol–water partition coefficient (Wildman–Crippen LogP) is 19.1. The number of phosphoric acid groups is 2. The smallest absolute Gasteiger partial charge is 0.462 e. The second kappa shape index (κ2) is 61.9. The Kier molecular flexibility index (Phi) is 60.5. The van der Waals surface area contributed by atoms with Crippen LogP contribution >= 0.6 is 15.6 Å². The zero-order valence-corrected chi connectivity index (χ0v) is 57.1. The second-order valence-electron chi connectivity index (χ2n) is 24.2. The van der Waals surface area contributed by atoms with Crippen LogP contribution in [0.3, 0.4) is 0 Å². The average Bonchev–Trinajstić information content (AvgIpc) is 3.52. The van der Waals surface area contributed by atoms with Gasteiger partial charge in [-0.3, -0.25) is 37.3 Å². The van der Waals surface area contributed by atoms with Crippen molar-refractivity contribution in [1.82, 2.24) is 0 Å². The third kappa shape index (κ3) is 60.9. The van der Waals surface area contributed by atoms with E-state index in [1.165, 1.54) is 173 Å². The largest absolute Gasteiger partial charge is 0.472 e. The maximum Gasteiger partial charge on any atom is 0.472 e. The SMILES string of the molecule is CCCCCCCCCCCCCCCCCCCCCCCC(=O)O[C@H](COC(=O)CCCCCCCCCCCCC)COP(=O)(O)OC[C@@H](O)COP(=O)(O)OC[C@@H](COC(=O)CCCCCCC)OC(=O)CCCCCCCCCCC. The van der Waals surface area contributed by atoms with E-state index in [1.54, 1.807) is 0 Å². The number of unbranched alkanes of at least 4 members (excludes halogenated alkanes) is 42. The number of hydrogen-bond acceptors (Lipinski definition) is 15. The van der Waals surface area contributed by atoms with Gasteiger partial charge in [-0.1, -0.05) is 297 Å². The van der Waals surface area contributed by atoms with Gasteiger partial charge in [-0.05, 0) is 25.7 Å². The molecular weight excluding hydrogens is 1140 g/mol. The van der Waals surface area contributed by atoms with Gasteiger partial charge in [0.25, 0.3) is 0 Å². The van der Waals surface area contributed by atoms with Crippen molar-refractivity contribution in [3.63, 3.8) is 0 Å². The highest BCUT2D eigenvalue weighted by atomic mass is 31.2. The van der Waals surface area contributed by atoms with Gasteiger partial charge in [0.1, 0.15) is 19.3 Å². The quantitative estimate of drug-likeness (QED) is 0.0222. The standard InChI is InChI=1S/C67H130O17P2/c1-5-9-13-17-20-23-25-26-27-28-29-30-31-32-33-34-36-39-42-46-50-54-67(72)84-63(58-78-65(70)52-48-44-40-38-35-24-21-18-14-10-6-2)60-82-86(75,76)80-56-61(68)55-79-85(73,74)81-59-62(57-77-64(69)51-47-43-16-12-8-4)83-66(71)53-49-45-41-37-22-19-15-11-7-3/h61-63,68H,5-60H2,1-4H3,(H,73,74)(H,75,76)/t61-,62+,63+/m0/s1. The van der Waals surface area contributed by atoms with Crippen molar-refractivity contribution in [2.24, 2.45) is 0 Å². The molecule has 2 unspecified atom stereocenters. The molecule has 0 amide bonds. The van der Waals surface area contributed by atoms with Crippen molar-refractivity contribution in [3.05, 3.63) is 0 Å². The van der Waals surface area contributed by atoms with E-state index in [1.807, 2.05) is 0 Å². The molecule has 0 bridgehead atoms. The summed E-state index contributed by atoms with van der Waals surface area (Å²) in [5.74, 6) is -2.14. The van der Waals surface area contributed by atoms with Crippen LogP contribution in [0, 0.1) is 0 Å². The summed E-state index contributed by atoms with van der Waals surface area (Å²) in [6.07, 6.45) is 49.1. The van der Waals surface area contributed by atoms with Crippen LogP contribution in [-0.4, -0.2) is 96.7 Å².